The molecule has 0 spiro atoms. The molecule has 1 N–H and O–H groups in total. The van der Waals surface area contributed by atoms with Crippen LogP contribution in [0.3, 0.4) is 0 Å². The van der Waals surface area contributed by atoms with Gasteiger partial charge in [0.15, 0.2) is 12.1 Å². The number of rotatable bonds is 35. The van der Waals surface area contributed by atoms with Crippen LogP contribution in [0.15, 0.2) is 60.8 Å². The first-order valence-corrected chi connectivity index (χ1v) is 20.3. The van der Waals surface area contributed by atoms with Crippen molar-refractivity contribution in [2.45, 2.75) is 161 Å². The minimum Gasteiger partial charge on any atom is -0.477 e. The van der Waals surface area contributed by atoms with Crippen molar-refractivity contribution < 1.29 is 38.2 Å². The van der Waals surface area contributed by atoms with Crippen LogP contribution in [0.5, 0.6) is 0 Å². The number of carboxylic acids is 1. The molecular weight excluding hydrogens is 654 g/mol. The molecule has 0 bridgehead atoms. The predicted molar refractivity (Wildman–Crippen MR) is 215 cm³/mol. The number of hydrogen-bond acceptors (Lipinski definition) is 6. The van der Waals surface area contributed by atoms with E-state index in [0.717, 1.165) is 70.6 Å². The van der Waals surface area contributed by atoms with Gasteiger partial charge in [-0.25, -0.2) is 4.79 Å². The molecule has 0 aliphatic carbocycles. The third kappa shape index (κ3) is 32.9. The Hall–Kier alpha value is -2.97. The Labute approximate surface area is 318 Å². The molecule has 8 heteroatoms. The lowest BCUT2D eigenvalue weighted by Crippen LogP contribution is -2.50. The summed E-state index contributed by atoms with van der Waals surface area (Å²) in [5, 5.41) is 9.57. The van der Waals surface area contributed by atoms with Gasteiger partial charge in [-0.3, -0.25) is 9.59 Å². The van der Waals surface area contributed by atoms with Crippen LogP contribution < -0.4 is 0 Å². The molecule has 0 aliphatic heterocycles. The molecule has 0 saturated carbocycles. The fraction of sp³-hybridized carbons (Fsp3) is 0.705. The van der Waals surface area contributed by atoms with E-state index >= 15 is 0 Å². The summed E-state index contributed by atoms with van der Waals surface area (Å²) < 4.78 is 17.1. The van der Waals surface area contributed by atoms with Crippen LogP contribution in [0.25, 0.3) is 0 Å². The maximum atomic E-state index is 12.5. The lowest BCUT2D eigenvalue weighted by Gasteiger charge is -2.31. The first-order chi connectivity index (χ1) is 25.1. The summed E-state index contributed by atoms with van der Waals surface area (Å²) in [6.45, 7) is 4.56. The van der Waals surface area contributed by atoms with Crippen molar-refractivity contribution in [2.24, 2.45) is 0 Å². The maximum Gasteiger partial charge on any atom is 0.362 e. The summed E-state index contributed by atoms with van der Waals surface area (Å²) in [6.07, 6.45) is 41.5. The van der Waals surface area contributed by atoms with Gasteiger partial charge < -0.3 is 23.8 Å². The number of unbranched alkanes of at least 4 members (excludes halogenated alkanes) is 11. The molecule has 298 valence electrons. The number of ether oxygens (including phenoxy) is 3. The predicted octanol–water partition coefficient (Wildman–Crippen LogP) is 10.6. The lowest BCUT2D eigenvalue weighted by molar-refractivity contribution is -0.887. The molecule has 0 rings (SSSR count). The molecule has 0 aromatic heterocycles. The summed E-state index contributed by atoms with van der Waals surface area (Å²) in [6, 6.07) is -0.623. The van der Waals surface area contributed by atoms with Gasteiger partial charge in [-0.2, -0.15) is 0 Å². The fourth-order valence-electron chi connectivity index (χ4n) is 5.44. The van der Waals surface area contributed by atoms with Crippen molar-refractivity contribution in [3.05, 3.63) is 60.8 Å². The molecule has 0 aromatic carbocycles. The van der Waals surface area contributed by atoms with Gasteiger partial charge in [-0.1, -0.05) is 120 Å². The SMILES string of the molecule is CCCCC/C=C/C/C=C/C/C=C/C/C=C/CCCCCCCC(=O)OCC(COCCC(C(=O)O)[N+](C)(C)C)OC(=O)CC/C=C/CCCCC. The number of aliphatic carboxylic acids is 1. The molecular formula is C44H76NO7+. The molecule has 0 heterocycles. The number of nitrogens with zero attached hydrogens (tertiary/aromatic N) is 1. The quantitative estimate of drug-likeness (QED) is 0.0300. The first kappa shape index (κ1) is 49.0. The highest BCUT2D eigenvalue weighted by atomic mass is 16.6. The van der Waals surface area contributed by atoms with Gasteiger partial charge in [0.25, 0.3) is 0 Å². The van der Waals surface area contributed by atoms with E-state index in [2.05, 4.69) is 68.5 Å². The summed E-state index contributed by atoms with van der Waals surface area (Å²) in [5.41, 5.74) is 0. The number of quaternary nitrogens is 1. The molecule has 0 saturated heterocycles. The van der Waals surface area contributed by atoms with E-state index in [9.17, 15) is 19.5 Å². The molecule has 0 aliphatic rings. The Morgan fingerprint density at radius 1 is 0.577 bits per heavy atom. The van der Waals surface area contributed by atoms with Crippen LogP contribution in [0.2, 0.25) is 0 Å². The largest absolute Gasteiger partial charge is 0.477 e. The Balaban J connectivity index is 4.30. The van der Waals surface area contributed by atoms with Crippen LogP contribution in [-0.2, 0) is 28.6 Å². The minimum absolute atomic E-state index is 0.0365. The minimum atomic E-state index is -0.887. The van der Waals surface area contributed by atoms with Gasteiger partial charge in [0.05, 0.1) is 34.4 Å². The zero-order chi connectivity index (χ0) is 38.5. The number of esters is 2. The number of carboxylic acid groups (broad SMARTS) is 1. The van der Waals surface area contributed by atoms with Crippen molar-refractivity contribution in [3.8, 4) is 0 Å². The van der Waals surface area contributed by atoms with Gasteiger partial charge in [-0.15, -0.1) is 0 Å². The van der Waals surface area contributed by atoms with Crippen LogP contribution >= 0.6 is 0 Å². The smallest absolute Gasteiger partial charge is 0.362 e. The van der Waals surface area contributed by atoms with Crippen molar-refractivity contribution in [3.63, 3.8) is 0 Å². The van der Waals surface area contributed by atoms with E-state index < -0.39 is 18.1 Å². The van der Waals surface area contributed by atoms with E-state index in [1.54, 1.807) is 0 Å². The number of allylic oxidation sites excluding steroid dienone is 10. The normalized spacial score (nSPS) is 13.6. The third-order valence-corrected chi connectivity index (χ3v) is 8.65. The Morgan fingerprint density at radius 3 is 1.60 bits per heavy atom. The molecule has 0 fully saturated rings. The van der Waals surface area contributed by atoms with Crippen molar-refractivity contribution in [2.75, 3.05) is 41.0 Å². The Bertz CT molecular complexity index is 1040. The highest BCUT2D eigenvalue weighted by Crippen LogP contribution is 2.12. The summed E-state index contributed by atoms with van der Waals surface area (Å²) in [7, 11) is 5.49. The number of hydrogen-bond donors (Lipinski definition) is 1. The molecule has 0 radical (unpaired) electrons. The average molecular weight is 731 g/mol. The van der Waals surface area contributed by atoms with E-state index in [1.165, 1.54) is 38.5 Å². The topological polar surface area (TPSA) is 99.1 Å². The second kappa shape index (κ2) is 35.1. The molecule has 0 amide bonds. The summed E-state index contributed by atoms with van der Waals surface area (Å²) in [5.74, 6) is -1.57. The lowest BCUT2D eigenvalue weighted by atomic mass is 10.1. The summed E-state index contributed by atoms with van der Waals surface area (Å²) >= 11 is 0. The monoisotopic (exact) mass is 731 g/mol. The van der Waals surface area contributed by atoms with Crippen molar-refractivity contribution >= 4 is 17.9 Å². The van der Waals surface area contributed by atoms with E-state index in [-0.39, 0.29) is 42.7 Å². The number of carbonyl (C=O) groups is 3. The average Bonchev–Trinajstić information content (AvgIpc) is 3.09. The molecule has 0 aromatic rings. The Kier molecular flexibility index (Phi) is 33.1. The highest BCUT2D eigenvalue weighted by Gasteiger charge is 2.31. The number of likely N-dealkylation sites (N-methyl/N-ethyl adjacent to an activating group) is 1. The molecule has 2 atom stereocenters. The van der Waals surface area contributed by atoms with Crippen molar-refractivity contribution in [1.82, 2.24) is 0 Å². The third-order valence-electron chi connectivity index (χ3n) is 8.65. The highest BCUT2D eigenvalue weighted by molar-refractivity contribution is 5.72. The van der Waals surface area contributed by atoms with E-state index in [4.69, 9.17) is 14.2 Å². The van der Waals surface area contributed by atoms with E-state index in [1.807, 2.05) is 27.2 Å². The molecule has 52 heavy (non-hydrogen) atoms. The van der Waals surface area contributed by atoms with E-state index in [0.29, 0.717) is 19.3 Å². The second-order valence-corrected chi connectivity index (χ2v) is 14.5. The zero-order valence-electron chi connectivity index (χ0n) is 33.7. The summed E-state index contributed by atoms with van der Waals surface area (Å²) in [4.78, 5) is 36.7. The van der Waals surface area contributed by atoms with Gasteiger partial charge in [0.2, 0.25) is 0 Å². The Morgan fingerprint density at radius 2 is 1.06 bits per heavy atom. The zero-order valence-corrected chi connectivity index (χ0v) is 33.7. The van der Waals surface area contributed by atoms with Crippen LogP contribution in [0.4, 0.5) is 0 Å². The van der Waals surface area contributed by atoms with Crippen LogP contribution in [0, 0.1) is 0 Å². The second-order valence-electron chi connectivity index (χ2n) is 14.5. The fourth-order valence-corrected chi connectivity index (χ4v) is 5.44. The van der Waals surface area contributed by atoms with Gasteiger partial charge in [0, 0.05) is 19.3 Å². The van der Waals surface area contributed by atoms with Gasteiger partial charge in [-0.05, 0) is 70.6 Å². The van der Waals surface area contributed by atoms with Crippen LogP contribution in [-0.4, -0.2) is 80.6 Å². The molecule has 2 unspecified atom stereocenters. The van der Waals surface area contributed by atoms with Crippen molar-refractivity contribution in [1.29, 1.82) is 0 Å². The first-order valence-electron chi connectivity index (χ1n) is 20.3. The van der Waals surface area contributed by atoms with Gasteiger partial charge >= 0.3 is 17.9 Å². The van der Waals surface area contributed by atoms with Gasteiger partial charge in [0.1, 0.15) is 6.61 Å². The number of carbonyl (C=O) groups excluding carboxylic acids is 2. The standard InChI is InChI=1S/C44H75NO7/c1-6-8-10-12-14-15-16-17-18-19-20-21-22-23-24-25-26-27-29-30-32-34-42(46)51-39-40(38-50-37-36-41(44(48)49)45(3,4)5)52-43(47)35-33-31-28-13-11-9-7-2/h14-15,17-18,20-21,23-24,28,31,40-41H,6-13,16,19,22,25-27,29-30,32-39H2,1-5H3/p+1/b15-14+,18-17+,21-20+,24-23+,31-28+. The van der Waals surface area contributed by atoms with Crippen LogP contribution in [0.1, 0.15) is 149 Å². The maximum absolute atomic E-state index is 12.5. The molecule has 8 nitrogen and oxygen atoms in total.